The Labute approximate surface area is 169 Å². The van der Waals surface area contributed by atoms with Gasteiger partial charge in [0.15, 0.2) is 5.96 Å². The minimum Gasteiger partial charge on any atom is -0.383 e. The van der Waals surface area contributed by atoms with Crippen molar-refractivity contribution in [3.05, 3.63) is 53.3 Å². The first-order chi connectivity index (χ1) is 13.3. The van der Waals surface area contributed by atoms with Crippen molar-refractivity contribution in [3.8, 4) is 0 Å². The minimum absolute atomic E-state index is 0.269. The summed E-state index contributed by atoms with van der Waals surface area (Å²) in [7, 11) is 1.84. The van der Waals surface area contributed by atoms with Crippen LogP contribution < -0.4 is 10.6 Å². The van der Waals surface area contributed by atoms with Gasteiger partial charge in [-0.1, -0.05) is 38.1 Å². The lowest BCUT2D eigenvalue weighted by molar-refractivity contribution is 0.0672. The molecule has 1 heterocycles. The van der Waals surface area contributed by atoms with E-state index in [0.29, 0.717) is 5.92 Å². The SMILES string of the molecule is CCNC(=NCC(C)(O)c1cnn(C)c1)NCCCc1ccc(C(C)C)cc1. The summed E-state index contributed by atoms with van der Waals surface area (Å²) < 4.78 is 1.69. The second kappa shape index (κ2) is 10.3. The fraction of sp³-hybridized carbons (Fsp3) is 0.545. The van der Waals surface area contributed by atoms with Crippen LogP contribution in [0.4, 0.5) is 0 Å². The monoisotopic (exact) mass is 385 g/mol. The zero-order chi connectivity index (χ0) is 20.6. The summed E-state index contributed by atoms with van der Waals surface area (Å²) in [5.41, 5.74) is 2.45. The third kappa shape index (κ3) is 6.68. The fourth-order valence-electron chi connectivity index (χ4n) is 2.93. The fourth-order valence-corrected chi connectivity index (χ4v) is 2.93. The number of aliphatic hydroxyl groups is 1. The molecule has 0 spiro atoms. The molecule has 0 saturated carbocycles. The first-order valence-corrected chi connectivity index (χ1v) is 10.1. The number of nitrogens with zero attached hydrogens (tertiary/aromatic N) is 3. The molecule has 2 aromatic rings. The summed E-state index contributed by atoms with van der Waals surface area (Å²) in [6, 6.07) is 8.89. The van der Waals surface area contributed by atoms with E-state index < -0.39 is 5.60 Å². The van der Waals surface area contributed by atoms with Crippen molar-refractivity contribution in [1.29, 1.82) is 0 Å². The molecule has 6 nitrogen and oxygen atoms in total. The molecule has 154 valence electrons. The van der Waals surface area contributed by atoms with E-state index in [9.17, 15) is 5.11 Å². The number of nitrogens with one attached hydrogen (secondary N) is 2. The topological polar surface area (TPSA) is 74.5 Å². The molecule has 1 atom stereocenters. The molecule has 0 fully saturated rings. The van der Waals surface area contributed by atoms with Crippen molar-refractivity contribution in [2.24, 2.45) is 12.0 Å². The average molecular weight is 386 g/mol. The van der Waals surface area contributed by atoms with Gasteiger partial charge in [0.1, 0.15) is 5.60 Å². The highest BCUT2D eigenvalue weighted by molar-refractivity contribution is 5.79. The largest absolute Gasteiger partial charge is 0.383 e. The second-order valence-electron chi connectivity index (χ2n) is 7.80. The van der Waals surface area contributed by atoms with E-state index in [2.05, 4.69) is 58.8 Å². The van der Waals surface area contributed by atoms with Gasteiger partial charge < -0.3 is 15.7 Å². The van der Waals surface area contributed by atoms with E-state index >= 15 is 0 Å². The maximum Gasteiger partial charge on any atom is 0.191 e. The van der Waals surface area contributed by atoms with Crippen LogP contribution in [-0.2, 0) is 19.1 Å². The zero-order valence-electron chi connectivity index (χ0n) is 17.9. The second-order valence-corrected chi connectivity index (χ2v) is 7.80. The predicted molar refractivity (Wildman–Crippen MR) is 116 cm³/mol. The molecule has 1 unspecified atom stereocenters. The first-order valence-electron chi connectivity index (χ1n) is 10.1. The number of guanidine groups is 1. The van der Waals surface area contributed by atoms with Gasteiger partial charge in [0, 0.05) is 31.9 Å². The average Bonchev–Trinajstić information content (AvgIpc) is 3.11. The maximum absolute atomic E-state index is 10.7. The normalized spacial score (nSPS) is 14.2. The molecule has 0 aliphatic heterocycles. The van der Waals surface area contributed by atoms with E-state index in [1.165, 1.54) is 11.1 Å². The Morgan fingerprint density at radius 1 is 1.25 bits per heavy atom. The molecular formula is C22H35N5O. The minimum atomic E-state index is -1.05. The van der Waals surface area contributed by atoms with Crippen molar-refractivity contribution in [2.75, 3.05) is 19.6 Å². The van der Waals surface area contributed by atoms with Gasteiger partial charge in [0.05, 0.1) is 12.7 Å². The van der Waals surface area contributed by atoms with Gasteiger partial charge in [-0.05, 0) is 43.7 Å². The quantitative estimate of drug-likeness (QED) is 0.352. The number of aromatic nitrogens is 2. The van der Waals surface area contributed by atoms with E-state index in [1.54, 1.807) is 17.8 Å². The van der Waals surface area contributed by atoms with Gasteiger partial charge in [-0.3, -0.25) is 4.68 Å². The van der Waals surface area contributed by atoms with Crippen LogP contribution in [0, 0.1) is 0 Å². The lowest BCUT2D eigenvalue weighted by atomic mass is 10.0. The van der Waals surface area contributed by atoms with Gasteiger partial charge >= 0.3 is 0 Å². The van der Waals surface area contributed by atoms with Crippen molar-refractivity contribution in [3.63, 3.8) is 0 Å². The van der Waals surface area contributed by atoms with E-state index in [0.717, 1.165) is 37.5 Å². The molecule has 0 amide bonds. The van der Waals surface area contributed by atoms with E-state index in [4.69, 9.17) is 0 Å². The number of hydrogen-bond donors (Lipinski definition) is 3. The van der Waals surface area contributed by atoms with Crippen LogP contribution in [0.3, 0.4) is 0 Å². The van der Waals surface area contributed by atoms with Crippen LogP contribution in [0.2, 0.25) is 0 Å². The molecule has 0 aliphatic rings. The first kappa shape index (κ1) is 22.0. The smallest absolute Gasteiger partial charge is 0.191 e. The Bertz CT molecular complexity index is 747. The van der Waals surface area contributed by atoms with Crippen molar-refractivity contribution in [2.45, 2.75) is 52.1 Å². The number of hydrogen-bond acceptors (Lipinski definition) is 3. The summed E-state index contributed by atoms with van der Waals surface area (Å²) >= 11 is 0. The molecule has 0 radical (unpaired) electrons. The van der Waals surface area contributed by atoms with Crippen LogP contribution in [0.1, 0.15) is 56.7 Å². The van der Waals surface area contributed by atoms with Crippen LogP contribution in [-0.4, -0.2) is 40.5 Å². The van der Waals surface area contributed by atoms with Crippen LogP contribution in [0.15, 0.2) is 41.7 Å². The summed E-state index contributed by atoms with van der Waals surface area (Å²) in [5, 5.41) is 21.4. The van der Waals surface area contributed by atoms with Gasteiger partial charge in [-0.2, -0.15) is 5.10 Å². The Morgan fingerprint density at radius 3 is 2.54 bits per heavy atom. The van der Waals surface area contributed by atoms with Crippen molar-refractivity contribution in [1.82, 2.24) is 20.4 Å². The third-order valence-electron chi connectivity index (χ3n) is 4.80. The highest BCUT2D eigenvalue weighted by atomic mass is 16.3. The van der Waals surface area contributed by atoms with E-state index in [1.807, 2.05) is 20.2 Å². The Kier molecular flexibility index (Phi) is 8.05. The molecular weight excluding hydrogens is 350 g/mol. The number of aliphatic imine (C=N–C) groups is 1. The lowest BCUT2D eigenvalue weighted by Gasteiger charge is -2.20. The van der Waals surface area contributed by atoms with Crippen molar-refractivity contribution >= 4 is 5.96 Å². The molecule has 6 heteroatoms. The standard InChI is InChI=1S/C22H35N5O/c1-6-23-21(25-16-22(4,28)20-14-26-27(5)15-20)24-13-7-8-18-9-11-19(12-10-18)17(2)3/h9-12,14-15,17,28H,6-8,13,16H2,1-5H3,(H2,23,24,25). The third-order valence-corrected chi connectivity index (χ3v) is 4.80. The summed E-state index contributed by atoms with van der Waals surface area (Å²) in [6.45, 7) is 10.1. The Morgan fingerprint density at radius 2 is 1.96 bits per heavy atom. The van der Waals surface area contributed by atoms with Gasteiger partial charge in [0.2, 0.25) is 0 Å². The van der Waals surface area contributed by atoms with Crippen LogP contribution in [0.5, 0.6) is 0 Å². The molecule has 2 rings (SSSR count). The number of aryl methyl sites for hydroxylation is 2. The molecule has 1 aromatic carbocycles. The number of rotatable bonds is 9. The van der Waals surface area contributed by atoms with E-state index in [-0.39, 0.29) is 6.54 Å². The maximum atomic E-state index is 10.7. The van der Waals surface area contributed by atoms with Crippen LogP contribution in [0.25, 0.3) is 0 Å². The molecule has 3 N–H and O–H groups in total. The zero-order valence-corrected chi connectivity index (χ0v) is 17.9. The van der Waals surface area contributed by atoms with Gasteiger partial charge in [-0.25, -0.2) is 4.99 Å². The Balaban J connectivity index is 1.84. The molecule has 28 heavy (non-hydrogen) atoms. The Hall–Kier alpha value is -2.34. The highest BCUT2D eigenvalue weighted by Crippen LogP contribution is 2.20. The van der Waals surface area contributed by atoms with Crippen LogP contribution >= 0.6 is 0 Å². The molecule has 1 aromatic heterocycles. The highest BCUT2D eigenvalue weighted by Gasteiger charge is 2.24. The predicted octanol–water partition coefficient (Wildman–Crippen LogP) is 2.94. The summed E-state index contributed by atoms with van der Waals surface area (Å²) in [5.74, 6) is 1.29. The lowest BCUT2D eigenvalue weighted by Crippen LogP contribution is -2.39. The molecule has 0 aliphatic carbocycles. The van der Waals surface area contributed by atoms with Crippen molar-refractivity contribution < 1.29 is 5.11 Å². The summed E-state index contributed by atoms with van der Waals surface area (Å²) in [6.07, 6.45) is 5.55. The summed E-state index contributed by atoms with van der Waals surface area (Å²) in [4.78, 5) is 4.55. The number of benzene rings is 1. The molecule has 0 bridgehead atoms. The van der Waals surface area contributed by atoms with Gasteiger partial charge in [0.25, 0.3) is 0 Å². The van der Waals surface area contributed by atoms with Gasteiger partial charge in [-0.15, -0.1) is 0 Å². The molecule has 0 saturated heterocycles.